The molecule has 0 spiro atoms. The van der Waals surface area contributed by atoms with E-state index in [4.69, 9.17) is 16.7 Å². The quantitative estimate of drug-likeness (QED) is 0.237. The second kappa shape index (κ2) is 10.1. The Morgan fingerprint density at radius 3 is 2.39 bits per heavy atom. The summed E-state index contributed by atoms with van der Waals surface area (Å²) in [5.74, 6) is -0.690. The maximum atomic E-state index is 13.6. The number of ketones is 1. The van der Waals surface area contributed by atoms with Crippen molar-refractivity contribution in [3.63, 3.8) is 0 Å². The van der Waals surface area contributed by atoms with Gasteiger partial charge in [0.15, 0.2) is 5.78 Å². The number of rotatable bonds is 7. The molecule has 5 rings (SSSR count). The first kappa shape index (κ1) is 23.9. The molecular weight excluding hydrogens is 475 g/mol. The Hall–Kier alpha value is -3.80. The van der Waals surface area contributed by atoms with Gasteiger partial charge in [-0.25, -0.2) is 9.07 Å². The topological polar surface area (TPSA) is 55.1 Å². The van der Waals surface area contributed by atoms with Crippen molar-refractivity contribution < 1.29 is 14.3 Å². The zero-order valence-electron chi connectivity index (χ0n) is 19.6. The van der Waals surface area contributed by atoms with Crippen molar-refractivity contribution in [1.82, 2.24) is 9.78 Å². The van der Waals surface area contributed by atoms with Crippen molar-refractivity contribution >= 4 is 28.3 Å². The second-order valence-corrected chi connectivity index (χ2v) is 9.32. The van der Waals surface area contributed by atoms with E-state index in [0.717, 1.165) is 16.5 Å². The first-order chi connectivity index (χ1) is 17.4. The minimum atomic E-state index is -0.740. The molecule has 0 aliphatic carbocycles. The highest BCUT2D eigenvalue weighted by molar-refractivity contribution is 6.33. The predicted octanol–water partition coefficient (Wildman–Crippen LogP) is 7.43. The molecular formula is C30H24ClFN2O2. The number of hydrogen-bond donors (Lipinski definition) is 1. The molecule has 1 N–H and O–H groups in total. The zero-order chi connectivity index (χ0) is 25.2. The third-order valence-corrected chi connectivity index (χ3v) is 6.72. The van der Waals surface area contributed by atoms with E-state index >= 15 is 0 Å². The van der Waals surface area contributed by atoms with Crippen LogP contribution < -0.4 is 0 Å². The Bertz CT molecular complexity index is 1530. The van der Waals surface area contributed by atoms with E-state index in [-0.39, 0.29) is 23.9 Å². The molecule has 0 saturated carbocycles. The van der Waals surface area contributed by atoms with Crippen LogP contribution in [0.3, 0.4) is 0 Å². The van der Waals surface area contributed by atoms with Crippen LogP contribution in [0.5, 0.6) is 0 Å². The minimum absolute atomic E-state index is 0.0782. The highest BCUT2D eigenvalue weighted by Gasteiger charge is 2.22. The number of nitrogens with zero attached hydrogens (tertiary/aromatic N) is 2. The SMILES string of the molecule is C[C@@H](CC(=O)c1ccc2c(-c3ccccc3Cl)nn(-c3ccc(F)cc3)c2c1)[C@@H](O)c1ccccc1. The number of carbonyl (C=O) groups is 1. The van der Waals surface area contributed by atoms with E-state index in [1.54, 1.807) is 35.0 Å². The fourth-order valence-electron chi connectivity index (χ4n) is 4.42. The Balaban J connectivity index is 1.54. The van der Waals surface area contributed by atoms with Crippen LogP contribution in [0.25, 0.3) is 27.8 Å². The number of carbonyl (C=O) groups excluding carboxylic acids is 1. The molecule has 0 aliphatic rings. The number of hydrogen-bond acceptors (Lipinski definition) is 3. The highest BCUT2D eigenvalue weighted by atomic mass is 35.5. The predicted molar refractivity (Wildman–Crippen MR) is 141 cm³/mol. The molecule has 4 nitrogen and oxygen atoms in total. The third kappa shape index (κ3) is 4.68. The Morgan fingerprint density at radius 2 is 1.67 bits per heavy atom. The molecule has 0 bridgehead atoms. The molecule has 1 heterocycles. The Kier molecular flexibility index (Phi) is 6.68. The summed E-state index contributed by atoms with van der Waals surface area (Å²) < 4.78 is 15.3. The molecule has 0 radical (unpaired) electrons. The van der Waals surface area contributed by atoms with Gasteiger partial charge in [-0.1, -0.05) is 73.1 Å². The van der Waals surface area contributed by atoms with Crippen molar-refractivity contribution in [3.8, 4) is 16.9 Å². The summed E-state index contributed by atoms with van der Waals surface area (Å²) in [5, 5.41) is 16.9. The molecule has 180 valence electrons. The number of aromatic nitrogens is 2. The lowest BCUT2D eigenvalue weighted by atomic mass is 9.91. The minimum Gasteiger partial charge on any atom is -0.388 e. The van der Waals surface area contributed by atoms with E-state index in [2.05, 4.69) is 0 Å². The van der Waals surface area contributed by atoms with Crippen LogP contribution in [-0.2, 0) is 0 Å². The molecule has 0 fully saturated rings. The maximum absolute atomic E-state index is 13.6. The van der Waals surface area contributed by atoms with E-state index < -0.39 is 6.10 Å². The van der Waals surface area contributed by atoms with Gasteiger partial charge in [0.2, 0.25) is 0 Å². The van der Waals surface area contributed by atoms with Gasteiger partial charge in [0.1, 0.15) is 11.5 Å². The molecule has 4 aromatic carbocycles. The van der Waals surface area contributed by atoms with E-state index in [1.165, 1.54) is 12.1 Å². The van der Waals surface area contributed by atoms with Gasteiger partial charge in [0.25, 0.3) is 0 Å². The smallest absolute Gasteiger partial charge is 0.163 e. The van der Waals surface area contributed by atoms with Gasteiger partial charge in [0, 0.05) is 22.9 Å². The summed E-state index contributed by atoms with van der Waals surface area (Å²) >= 11 is 6.48. The average Bonchev–Trinajstić information content (AvgIpc) is 3.28. The maximum Gasteiger partial charge on any atom is 0.163 e. The molecule has 2 atom stereocenters. The van der Waals surface area contributed by atoms with Crippen LogP contribution in [0.4, 0.5) is 4.39 Å². The van der Waals surface area contributed by atoms with Crippen molar-refractivity contribution in [2.75, 3.05) is 0 Å². The summed E-state index contributed by atoms with van der Waals surface area (Å²) in [7, 11) is 0. The summed E-state index contributed by atoms with van der Waals surface area (Å²) in [6.45, 7) is 1.87. The number of fused-ring (bicyclic) bond motifs is 1. The highest BCUT2D eigenvalue weighted by Crippen LogP contribution is 2.35. The molecule has 1 aromatic heterocycles. The van der Waals surface area contributed by atoms with Gasteiger partial charge in [-0.05, 0) is 53.9 Å². The molecule has 5 aromatic rings. The lowest BCUT2D eigenvalue weighted by Gasteiger charge is -2.18. The summed E-state index contributed by atoms with van der Waals surface area (Å²) in [5.41, 5.74) is 4.11. The van der Waals surface area contributed by atoms with Gasteiger partial charge in [0.05, 0.1) is 22.3 Å². The Morgan fingerprint density at radius 1 is 0.972 bits per heavy atom. The van der Waals surface area contributed by atoms with Gasteiger partial charge >= 0.3 is 0 Å². The summed E-state index contributed by atoms with van der Waals surface area (Å²) in [4.78, 5) is 13.2. The van der Waals surface area contributed by atoms with Gasteiger partial charge in [-0.3, -0.25) is 4.79 Å². The van der Waals surface area contributed by atoms with Crippen LogP contribution in [-0.4, -0.2) is 20.7 Å². The number of halogens is 2. The first-order valence-electron chi connectivity index (χ1n) is 11.7. The second-order valence-electron chi connectivity index (χ2n) is 8.91. The van der Waals surface area contributed by atoms with Crippen molar-refractivity contribution in [2.24, 2.45) is 5.92 Å². The Labute approximate surface area is 213 Å². The van der Waals surface area contributed by atoms with Crippen molar-refractivity contribution in [1.29, 1.82) is 0 Å². The lowest BCUT2D eigenvalue weighted by Crippen LogP contribution is -2.14. The van der Waals surface area contributed by atoms with E-state index in [0.29, 0.717) is 27.5 Å². The molecule has 6 heteroatoms. The molecule has 36 heavy (non-hydrogen) atoms. The number of benzene rings is 4. The molecule has 0 amide bonds. The van der Waals surface area contributed by atoms with E-state index in [1.807, 2.05) is 61.5 Å². The van der Waals surface area contributed by atoms with Crippen molar-refractivity contribution in [2.45, 2.75) is 19.4 Å². The van der Waals surface area contributed by atoms with Crippen LogP contribution in [0.2, 0.25) is 5.02 Å². The van der Waals surface area contributed by atoms with Crippen LogP contribution in [0.1, 0.15) is 35.4 Å². The average molecular weight is 499 g/mol. The normalized spacial score (nSPS) is 13.0. The standard InChI is InChI=1S/C30H24ClFN2O2/c1-19(30(36)20-7-3-2-4-8-20)17-28(35)21-11-16-25-27(18-21)34(23-14-12-22(32)13-15-23)33-29(25)24-9-5-6-10-26(24)31/h2-16,18-19,30,36H,17H2,1H3/t19-,30+/m0/s1. The fraction of sp³-hybridized carbons (Fsp3) is 0.133. The molecule has 0 unspecified atom stereocenters. The number of aliphatic hydroxyl groups is 1. The van der Waals surface area contributed by atoms with Crippen LogP contribution in [0.15, 0.2) is 97.1 Å². The lowest BCUT2D eigenvalue weighted by molar-refractivity contribution is 0.0828. The summed E-state index contributed by atoms with van der Waals surface area (Å²) in [6, 6.07) is 28.3. The van der Waals surface area contributed by atoms with Crippen LogP contribution >= 0.6 is 11.6 Å². The zero-order valence-corrected chi connectivity index (χ0v) is 20.4. The van der Waals surface area contributed by atoms with Gasteiger partial charge in [-0.15, -0.1) is 0 Å². The summed E-state index contributed by atoms with van der Waals surface area (Å²) in [6.07, 6.45) is -0.556. The molecule has 0 saturated heterocycles. The van der Waals surface area contributed by atoms with E-state index in [9.17, 15) is 14.3 Å². The van der Waals surface area contributed by atoms with Crippen molar-refractivity contribution in [3.05, 3.63) is 119 Å². The van der Waals surface area contributed by atoms with Gasteiger partial charge in [-0.2, -0.15) is 5.10 Å². The monoisotopic (exact) mass is 498 g/mol. The van der Waals surface area contributed by atoms with Gasteiger partial charge < -0.3 is 5.11 Å². The number of aliphatic hydroxyl groups excluding tert-OH is 1. The fourth-order valence-corrected chi connectivity index (χ4v) is 4.65. The molecule has 0 aliphatic heterocycles. The number of Topliss-reactive ketones (excluding diaryl/α,β-unsaturated/α-hetero) is 1. The largest absolute Gasteiger partial charge is 0.388 e. The first-order valence-corrected chi connectivity index (χ1v) is 12.1. The van der Waals surface area contributed by atoms with Crippen LogP contribution in [0, 0.1) is 11.7 Å². The third-order valence-electron chi connectivity index (χ3n) is 6.39.